The SMILES string of the molecule is C[C@@H](NS(=O)(=O)c1ccc2ccccc2c1)C(=O)Nc1c(F)cccc1F. The van der Waals surface area contributed by atoms with Gasteiger partial charge in [-0.05, 0) is 42.0 Å². The van der Waals surface area contributed by atoms with Crippen molar-refractivity contribution in [2.75, 3.05) is 5.32 Å². The average molecular weight is 390 g/mol. The number of amides is 1. The second-order valence-electron chi connectivity index (χ2n) is 5.94. The molecule has 8 heteroatoms. The van der Waals surface area contributed by atoms with Crippen LogP contribution in [0.5, 0.6) is 0 Å². The molecule has 0 saturated carbocycles. The van der Waals surface area contributed by atoms with Gasteiger partial charge in [0.1, 0.15) is 17.3 Å². The summed E-state index contributed by atoms with van der Waals surface area (Å²) in [6, 6.07) is 13.7. The standard InChI is InChI=1S/C19H16F2N2O3S/c1-12(19(24)22-18-16(20)7-4-8-17(18)21)23-27(25,26)15-10-9-13-5-2-3-6-14(13)11-15/h2-12,23H,1H3,(H,22,24)/t12-/m1/s1. The van der Waals surface area contributed by atoms with E-state index >= 15 is 0 Å². The minimum Gasteiger partial charge on any atom is -0.320 e. The van der Waals surface area contributed by atoms with Crippen LogP contribution in [0.15, 0.2) is 65.6 Å². The molecule has 0 bridgehead atoms. The van der Waals surface area contributed by atoms with Gasteiger partial charge in [-0.1, -0.05) is 36.4 Å². The largest absolute Gasteiger partial charge is 0.320 e. The topological polar surface area (TPSA) is 75.3 Å². The fraction of sp³-hybridized carbons (Fsp3) is 0.105. The smallest absolute Gasteiger partial charge is 0.242 e. The summed E-state index contributed by atoms with van der Waals surface area (Å²) in [6.07, 6.45) is 0. The highest BCUT2D eigenvalue weighted by Crippen LogP contribution is 2.20. The van der Waals surface area contributed by atoms with E-state index < -0.39 is 39.3 Å². The van der Waals surface area contributed by atoms with Crippen LogP contribution in [-0.2, 0) is 14.8 Å². The lowest BCUT2D eigenvalue weighted by molar-refractivity contribution is -0.117. The van der Waals surface area contributed by atoms with Crippen LogP contribution < -0.4 is 10.0 Å². The Kier molecular flexibility index (Phi) is 5.20. The minimum absolute atomic E-state index is 0.0158. The van der Waals surface area contributed by atoms with E-state index in [1.54, 1.807) is 18.2 Å². The van der Waals surface area contributed by atoms with E-state index in [4.69, 9.17) is 0 Å². The summed E-state index contributed by atoms with van der Waals surface area (Å²) < 4.78 is 54.6. The van der Waals surface area contributed by atoms with Crippen molar-refractivity contribution in [2.24, 2.45) is 0 Å². The monoisotopic (exact) mass is 390 g/mol. The summed E-state index contributed by atoms with van der Waals surface area (Å²) in [5, 5.41) is 3.67. The van der Waals surface area contributed by atoms with Gasteiger partial charge in [0, 0.05) is 0 Å². The van der Waals surface area contributed by atoms with Gasteiger partial charge in [-0.3, -0.25) is 4.79 Å². The quantitative estimate of drug-likeness (QED) is 0.701. The summed E-state index contributed by atoms with van der Waals surface area (Å²) in [7, 11) is -4.01. The highest BCUT2D eigenvalue weighted by Gasteiger charge is 2.23. The molecule has 0 aliphatic heterocycles. The van der Waals surface area contributed by atoms with Gasteiger partial charge in [-0.2, -0.15) is 4.72 Å². The van der Waals surface area contributed by atoms with Crippen molar-refractivity contribution in [2.45, 2.75) is 17.9 Å². The van der Waals surface area contributed by atoms with Crippen LogP contribution in [0.3, 0.4) is 0 Å². The molecular weight excluding hydrogens is 374 g/mol. The molecule has 0 spiro atoms. The molecule has 140 valence electrons. The van der Waals surface area contributed by atoms with Crippen LogP contribution in [0.4, 0.5) is 14.5 Å². The van der Waals surface area contributed by atoms with Crippen LogP contribution >= 0.6 is 0 Å². The van der Waals surface area contributed by atoms with Crippen molar-refractivity contribution < 1.29 is 22.0 Å². The molecule has 0 unspecified atom stereocenters. The lowest BCUT2D eigenvalue weighted by Crippen LogP contribution is -2.41. The molecule has 0 aliphatic rings. The molecule has 0 saturated heterocycles. The van der Waals surface area contributed by atoms with Gasteiger partial charge in [-0.25, -0.2) is 17.2 Å². The van der Waals surface area contributed by atoms with Gasteiger partial charge in [-0.15, -0.1) is 0 Å². The molecule has 1 atom stereocenters. The molecule has 0 aliphatic carbocycles. The van der Waals surface area contributed by atoms with Crippen LogP contribution in [-0.4, -0.2) is 20.4 Å². The average Bonchev–Trinajstić information content (AvgIpc) is 2.64. The Morgan fingerprint density at radius 2 is 1.56 bits per heavy atom. The number of carbonyl (C=O) groups excluding carboxylic acids is 1. The number of fused-ring (bicyclic) bond motifs is 1. The number of carbonyl (C=O) groups is 1. The molecule has 1 amide bonds. The number of hydrogen-bond donors (Lipinski definition) is 2. The summed E-state index contributed by atoms with van der Waals surface area (Å²) in [6.45, 7) is 1.28. The van der Waals surface area contributed by atoms with Gasteiger partial charge in [0.25, 0.3) is 0 Å². The maximum Gasteiger partial charge on any atom is 0.242 e. The molecule has 0 heterocycles. The number of nitrogens with one attached hydrogen (secondary N) is 2. The Morgan fingerprint density at radius 3 is 2.22 bits per heavy atom. The Hall–Kier alpha value is -2.84. The summed E-state index contributed by atoms with van der Waals surface area (Å²) in [5.74, 6) is -2.79. The highest BCUT2D eigenvalue weighted by molar-refractivity contribution is 7.89. The molecule has 3 rings (SSSR count). The van der Waals surface area contributed by atoms with E-state index in [9.17, 15) is 22.0 Å². The van der Waals surface area contributed by atoms with E-state index in [2.05, 4.69) is 10.0 Å². The number of hydrogen-bond acceptors (Lipinski definition) is 3. The lowest BCUT2D eigenvalue weighted by Gasteiger charge is -2.15. The van der Waals surface area contributed by atoms with Crippen LogP contribution in [0.2, 0.25) is 0 Å². The third-order valence-electron chi connectivity index (χ3n) is 3.97. The van der Waals surface area contributed by atoms with Crippen molar-refractivity contribution in [3.8, 4) is 0 Å². The maximum absolute atomic E-state index is 13.6. The number of benzene rings is 3. The first-order valence-corrected chi connectivity index (χ1v) is 9.52. The minimum atomic E-state index is -4.01. The van der Waals surface area contributed by atoms with E-state index in [0.29, 0.717) is 0 Å². The fourth-order valence-corrected chi connectivity index (χ4v) is 3.78. The number of rotatable bonds is 5. The van der Waals surface area contributed by atoms with Crippen molar-refractivity contribution in [3.63, 3.8) is 0 Å². The van der Waals surface area contributed by atoms with Gasteiger partial charge in [0.15, 0.2) is 0 Å². The molecule has 0 fully saturated rings. The zero-order valence-corrected chi connectivity index (χ0v) is 15.1. The molecule has 5 nitrogen and oxygen atoms in total. The predicted molar refractivity (Wildman–Crippen MR) is 98.7 cm³/mol. The summed E-state index contributed by atoms with van der Waals surface area (Å²) in [4.78, 5) is 12.2. The number of sulfonamides is 1. The molecule has 2 N–H and O–H groups in total. The summed E-state index contributed by atoms with van der Waals surface area (Å²) >= 11 is 0. The maximum atomic E-state index is 13.6. The zero-order chi connectivity index (χ0) is 19.6. The first-order valence-electron chi connectivity index (χ1n) is 8.04. The van der Waals surface area contributed by atoms with E-state index in [0.717, 1.165) is 29.0 Å². The normalized spacial score (nSPS) is 12.7. The van der Waals surface area contributed by atoms with Crippen LogP contribution in [0, 0.1) is 11.6 Å². The van der Waals surface area contributed by atoms with Gasteiger partial charge in [0.05, 0.1) is 10.9 Å². The Morgan fingerprint density at radius 1 is 0.926 bits per heavy atom. The molecule has 0 radical (unpaired) electrons. The van der Waals surface area contributed by atoms with Crippen molar-refractivity contribution >= 4 is 32.4 Å². The van der Waals surface area contributed by atoms with Gasteiger partial charge in [0.2, 0.25) is 15.9 Å². The lowest BCUT2D eigenvalue weighted by atomic mass is 10.1. The third-order valence-corrected chi connectivity index (χ3v) is 5.51. The van der Waals surface area contributed by atoms with E-state index in [1.807, 2.05) is 12.1 Å². The molecule has 3 aromatic rings. The zero-order valence-electron chi connectivity index (χ0n) is 14.2. The Bertz CT molecular complexity index is 1100. The molecule has 3 aromatic carbocycles. The third kappa shape index (κ3) is 4.12. The number of anilines is 1. The first-order chi connectivity index (χ1) is 12.8. The Labute approximate surface area is 155 Å². The van der Waals surface area contributed by atoms with Gasteiger partial charge >= 0.3 is 0 Å². The second kappa shape index (κ2) is 7.42. The predicted octanol–water partition coefficient (Wildman–Crippen LogP) is 3.42. The number of para-hydroxylation sites is 1. The first kappa shape index (κ1) is 18.9. The highest BCUT2D eigenvalue weighted by atomic mass is 32.2. The molecule has 0 aromatic heterocycles. The molecule has 27 heavy (non-hydrogen) atoms. The van der Waals surface area contributed by atoms with Crippen LogP contribution in [0.25, 0.3) is 10.8 Å². The second-order valence-corrected chi connectivity index (χ2v) is 7.65. The van der Waals surface area contributed by atoms with Crippen LogP contribution in [0.1, 0.15) is 6.92 Å². The van der Waals surface area contributed by atoms with E-state index in [-0.39, 0.29) is 4.90 Å². The fourth-order valence-electron chi connectivity index (χ4n) is 2.54. The molecular formula is C19H16F2N2O3S. The summed E-state index contributed by atoms with van der Waals surface area (Å²) in [5.41, 5.74) is -0.626. The van der Waals surface area contributed by atoms with Crippen molar-refractivity contribution in [3.05, 3.63) is 72.3 Å². The van der Waals surface area contributed by atoms with Crippen molar-refractivity contribution in [1.82, 2.24) is 4.72 Å². The van der Waals surface area contributed by atoms with E-state index in [1.165, 1.54) is 19.1 Å². The number of halogens is 2. The Balaban J connectivity index is 1.78. The van der Waals surface area contributed by atoms with Crippen molar-refractivity contribution in [1.29, 1.82) is 0 Å². The van der Waals surface area contributed by atoms with Gasteiger partial charge < -0.3 is 5.32 Å².